The molecule has 0 bridgehead atoms. The van der Waals surface area contributed by atoms with Gasteiger partial charge >= 0.3 is 0 Å². The Labute approximate surface area is 218 Å². The van der Waals surface area contributed by atoms with Crippen LogP contribution in [-0.4, -0.2) is 44.4 Å². The number of Topliss-reactive ketones (excluding diaryl/α,β-unsaturated/α-hetero) is 1. The first-order chi connectivity index (χ1) is 17.9. The van der Waals surface area contributed by atoms with Crippen molar-refractivity contribution in [2.45, 2.75) is 34.6 Å². The number of benzene rings is 3. The number of anilines is 1. The predicted molar refractivity (Wildman–Crippen MR) is 151 cm³/mol. The van der Waals surface area contributed by atoms with Crippen LogP contribution < -0.4 is 20.1 Å². The Balaban J connectivity index is 2.05. The van der Waals surface area contributed by atoms with Crippen LogP contribution in [0.3, 0.4) is 0 Å². The lowest BCUT2D eigenvalue weighted by molar-refractivity contribution is -0.116. The van der Waals surface area contributed by atoms with Crippen molar-refractivity contribution in [3.8, 4) is 22.5 Å². The second-order valence-electron chi connectivity index (χ2n) is 9.11. The lowest BCUT2D eigenvalue weighted by atomic mass is 9.90. The average molecular weight is 499 g/mol. The maximum atomic E-state index is 13.2. The molecule has 0 spiro atoms. The number of hydrogen-bond acceptors (Lipinski definition) is 4. The van der Waals surface area contributed by atoms with Crippen LogP contribution in [0.4, 0.5) is 5.69 Å². The zero-order valence-corrected chi connectivity index (χ0v) is 22.4. The highest BCUT2D eigenvalue weighted by Gasteiger charge is 2.22. The van der Waals surface area contributed by atoms with Crippen molar-refractivity contribution >= 4 is 28.3 Å². The molecular weight excluding hydrogens is 462 g/mol. The molecule has 0 atom stereocenters. The fraction of sp³-hybridized carbons (Fsp3) is 0.323. The molecule has 2 aliphatic rings. The molecule has 6 heteroatoms. The number of carbonyl (C=O) groups excluding carboxylic acids is 2. The van der Waals surface area contributed by atoms with Gasteiger partial charge in [0, 0.05) is 53.0 Å². The molecule has 1 aliphatic heterocycles. The maximum Gasteiger partial charge on any atom is 0.252 e. The monoisotopic (exact) mass is 498 g/mol. The van der Waals surface area contributed by atoms with E-state index in [0.29, 0.717) is 5.56 Å². The van der Waals surface area contributed by atoms with E-state index < -0.39 is 0 Å². The van der Waals surface area contributed by atoms with E-state index in [1.807, 2.05) is 18.2 Å². The third-order valence-electron chi connectivity index (χ3n) is 6.89. The van der Waals surface area contributed by atoms with Crippen LogP contribution in [0.25, 0.3) is 33.4 Å². The Morgan fingerprint density at radius 1 is 0.892 bits per heavy atom. The molecule has 1 aliphatic carbocycles. The van der Waals surface area contributed by atoms with E-state index in [0.717, 1.165) is 70.6 Å². The Bertz CT molecular complexity index is 1470. The van der Waals surface area contributed by atoms with Gasteiger partial charge in [-0.25, -0.2) is 4.58 Å². The van der Waals surface area contributed by atoms with Gasteiger partial charge in [-0.15, -0.1) is 0 Å². The van der Waals surface area contributed by atoms with Crippen LogP contribution in [-0.2, 0) is 4.79 Å². The van der Waals surface area contributed by atoms with E-state index in [4.69, 9.17) is 4.42 Å². The van der Waals surface area contributed by atoms with Gasteiger partial charge in [-0.05, 0) is 64.4 Å². The number of carbonyl (C=O) groups is 2. The largest absolute Gasteiger partial charge is 0.456 e. The van der Waals surface area contributed by atoms with E-state index >= 15 is 0 Å². The standard InChI is InChI=1S/C31H35N3O3/c1-6-33(7-2)22-14-16-26-28(18-22)37-29-19-23(34(8-3)9-4)15-17-27(29)30(26)24-12-10-11-13-25(24)31(36)32-20-21(5)35/h10-19H,6-9,20H2,1-5H3/p+1. The molecule has 0 saturated heterocycles. The SMILES string of the molecule is CCN(CC)c1ccc2c(-c3ccccc3C(=O)NCC(C)=O)c3ccc(=[N+](CC)CC)cc-3oc2c1. The van der Waals surface area contributed by atoms with Gasteiger partial charge < -0.3 is 14.6 Å². The van der Waals surface area contributed by atoms with Gasteiger partial charge in [0.25, 0.3) is 5.91 Å². The number of fused-ring (bicyclic) bond motifs is 2. The lowest BCUT2D eigenvalue weighted by Crippen LogP contribution is -2.29. The molecular formula is C31H36N3O3+. The Hall–Kier alpha value is -3.93. The van der Waals surface area contributed by atoms with Crippen molar-refractivity contribution in [2.75, 3.05) is 37.6 Å². The van der Waals surface area contributed by atoms with Crippen molar-refractivity contribution in [2.24, 2.45) is 0 Å². The molecule has 0 fully saturated rings. The van der Waals surface area contributed by atoms with Crippen LogP contribution in [0.2, 0.25) is 0 Å². The van der Waals surface area contributed by atoms with Crippen molar-refractivity contribution in [1.82, 2.24) is 9.89 Å². The Morgan fingerprint density at radius 3 is 2.30 bits per heavy atom. The fourth-order valence-corrected chi connectivity index (χ4v) is 4.93. The minimum atomic E-state index is -0.271. The van der Waals surface area contributed by atoms with E-state index in [1.54, 1.807) is 6.07 Å². The van der Waals surface area contributed by atoms with Gasteiger partial charge in [0.15, 0.2) is 0 Å². The first-order valence-corrected chi connectivity index (χ1v) is 13.1. The first kappa shape index (κ1) is 26.1. The van der Waals surface area contributed by atoms with Gasteiger partial charge in [-0.1, -0.05) is 18.2 Å². The summed E-state index contributed by atoms with van der Waals surface area (Å²) in [4.78, 5) is 27.0. The van der Waals surface area contributed by atoms with Crippen LogP contribution >= 0.6 is 0 Å². The number of rotatable bonds is 9. The molecule has 6 nitrogen and oxygen atoms in total. The highest BCUT2D eigenvalue weighted by Crippen LogP contribution is 2.42. The highest BCUT2D eigenvalue weighted by atomic mass is 16.3. The second kappa shape index (κ2) is 11.4. The molecule has 1 N–H and O–H groups in total. The fourth-order valence-electron chi connectivity index (χ4n) is 4.93. The number of nitrogens with zero attached hydrogens (tertiary/aromatic N) is 2. The van der Waals surface area contributed by atoms with Gasteiger partial charge in [0.2, 0.25) is 5.36 Å². The summed E-state index contributed by atoms with van der Waals surface area (Å²) in [7, 11) is 0. The van der Waals surface area contributed by atoms with Crippen LogP contribution in [0.1, 0.15) is 45.0 Å². The van der Waals surface area contributed by atoms with E-state index in [1.165, 1.54) is 6.92 Å². The third-order valence-corrected chi connectivity index (χ3v) is 6.89. The Morgan fingerprint density at radius 2 is 1.62 bits per heavy atom. The zero-order chi connectivity index (χ0) is 26.5. The number of ketones is 1. The van der Waals surface area contributed by atoms with Gasteiger partial charge in [-0.3, -0.25) is 9.59 Å². The molecule has 2 aromatic carbocycles. The van der Waals surface area contributed by atoms with E-state index in [2.05, 4.69) is 78.9 Å². The molecule has 2 aromatic rings. The number of hydrogen-bond donors (Lipinski definition) is 1. The van der Waals surface area contributed by atoms with Gasteiger partial charge in [0.1, 0.15) is 30.2 Å². The quantitative estimate of drug-likeness (QED) is 0.255. The summed E-state index contributed by atoms with van der Waals surface area (Å²) in [6.45, 7) is 13.6. The van der Waals surface area contributed by atoms with Crippen molar-refractivity contribution in [1.29, 1.82) is 0 Å². The second-order valence-corrected chi connectivity index (χ2v) is 9.11. The molecule has 1 amide bonds. The van der Waals surface area contributed by atoms with Crippen molar-refractivity contribution in [3.63, 3.8) is 0 Å². The molecule has 0 aromatic heterocycles. The summed E-state index contributed by atoms with van der Waals surface area (Å²) in [5.41, 5.74) is 5.08. The maximum absolute atomic E-state index is 13.2. The average Bonchev–Trinajstić information content (AvgIpc) is 2.91. The normalized spacial score (nSPS) is 11.1. The minimum absolute atomic E-state index is 0.000748. The summed E-state index contributed by atoms with van der Waals surface area (Å²) in [5.74, 6) is 0.406. The molecule has 37 heavy (non-hydrogen) atoms. The molecule has 0 unspecified atom stereocenters. The van der Waals surface area contributed by atoms with Crippen LogP contribution in [0.5, 0.6) is 0 Å². The first-order valence-electron chi connectivity index (χ1n) is 13.1. The molecule has 192 valence electrons. The van der Waals surface area contributed by atoms with Crippen LogP contribution in [0.15, 0.2) is 65.1 Å². The molecule has 4 rings (SSSR count). The van der Waals surface area contributed by atoms with Crippen molar-refractivity contribution < 1.29 is 14.0 Å². The van der Waals surface area contributed by atoms with Crippen LogP contribution in [0, 0.1) is 0 Å². The lowest BCUT2D eigenvalue weighted by Gasteiger charge is -2.22. The molecule has 0 saturated carbocycles. The summed E-state index contributed by atoms with van der Waals surface area (Å²) in [6, 6.07) is 20.1. The number of amides is 1. The zero-order valence-electron chi connectivity index (χ0n) is 22.4. The van der Waals surface area contributed by atoms with Gasteiger partial charge in [0.05, 0.1) is 12.6 Å². The molecule has 0 radical (unpaired) electrons. The third kappa shape index (κ3) is 5.29. The van der Waals surface area contributed by atoms with Crippen molar-refractivity contribution in [3.05, 3.63) is 71.6 Å². The van der Waals surface area contributed by atoms with E-state index in [9.17, 15) is 9.59 Å². The molecule has 1 heterocycles. The summed E-state index contributed by atoms with van der Waals surface area (Å²) in [6.07, 6.45) is 0. The summed E-state index contributed by atoms with van der Waals surface area (Å²) >= 11 is 0. The summed E-state index contributed by atoms with van der Waals surface area (Å²) < 4.78 is 8.83. The topological polar surface area (TPSA) is 65.6 Å². The summed E-state index contributed by atoms with van der Waals surface area (Å²) in [5, 5.41) is 4.79. The minimum Gasteiger partial charge on any atom is -0.456 e. The Kier molecular flexibility index (Phi) is 8.07. The van der Waals surface area contributed by atoms with Gasteiger partial charge in [-0.2, -0.15) is 0 Å². The number of nitrogens with one attached hydrogen (secondary N) is 1. The predicted octanol–water partition coefficient (Wildman–Crippen LogP) is 5.18. The highest BCUT2D eigenvalue weighted by molar-refractivity contribution is 6.09. The smallest absolute Gasteiger partial charge is 0.252 e. The van der Waals surface area contributed by atoms with E-state index in [-0.39, 0.29) is 18.2 Å².